The molecule has 2 aliphatic carbocycles. The van der Waals surface area contributed by atoms with Gasteiger partial charge in [0.2, 0.25) is 5.78 Å². The van der Waals surface area contributed by atoms with Crippen molar-refractivity contribution in [1.82, 2.24) is 0 Å². The minimum atomic E-state index is -0.779. The molecule has 0 aliphatic heterocycles. The maximum atomic E-state index is 13.3. The lowest BCUT2D eigenvalue weighted by atomic mass is 9.70. The van der Waals surface area contributed by atoms with E-state index in [-0.39, 0.29) is 36.0 Å². The molecule has 0 amide bonds. The van der Waals surface area contributed by atoms with Crippen molar-refractivity contribution in [3.05, 3.63) is 46.3 Å². The minimum absolute atomic E-state index is 0.125. The van der Waals surface area contributed by atoms with Crippen LogP contribution in [0.25, 0.3) is 0 Å². The lowest BCUT2D eigenvalue weighted by Crippen LogP contribution is -2.32. The first kappa shape index (κ1) is 26.1. The summed E-state index contributed by atoms with van der Waals surface area (Å²) in [7, 11) is 0. The Hall–Kier alpha value is -2.14. The van der Waals surface area contributed by atoms with Gasteiger partial charge in [-0.25, -0.2) is 0 Å². The second-order valence-electron chi connectivity index (χ2n) is 9.89. The highest BCUT2D eigenvalue weighted by Gasteiger charge is 2.51. The summed E-state index contributed by atoms with van der Waals surface area (Å²) in [5, 5.41) is 21.5. The Kier molecular flexibility index (Phi) is 9.08. The number of ether oxygens (including phenoxy) is 1. The van der Waals surface area contributed by atoms with Crippen molar-refractivity contribution in [2.75, 3.05) is 6.61 Å². The molecule has 0 radical (unpaired) electrons. The third-order valence-corrected chi connectivity index (χ3v) is 7.14. The van der Waals surface area contributed by atoms with Crippen LogP contribution in [0.15, 0.2) is 46.3 Å². The Morgan fingerprint density at radius 3 is 2.50 bits per heavy atom. The van der Waals surface area contributed by atoms with Crippen LogP contribution in [0.1, 0.15) is 80.1 Å². The third kappa shape index (κ3) is 6.22. The Morgan fingerprint density at radius 1 is 1.19 bits per heavy atom. The molecule has 5 heteroatoms. The summed E-state index contributed by atoms with van der Waals surface area (Å²) in [6, 6.07) is 0. The summed E-state index contributed by atoms with van der Waals surface area (Å²) in [5.41, 5.74) is 3.27. The lowest BCUT2D eigenvalue weighted by Gasteiger charge is -2.32. The number of esters is 1. The molecular formula is C27H40O5. The monoisotopic (exact) mass is 444 g/mol. The summed E-state index contributed by atoms with van der Waals surface area (Å²) < 4.78 is 5.19. The minimum Gasteiger partial charge on any atom is -0.504 e. The van der Waals surface area contributed by atoms with Crippen molar-refractivity contribution in [2.45, 2.75) is 86.2 Å². The Bertz CT molecular complexity index is 844. The molecule has 0 saturated carbocycles. The smallest absolute Gasteiger partial charge is 0.302 e. The van der Waals surface area contributed by atoms with Gasteiger partial charge in [-0.15, -0.1) is 0 Å². The van der Waals surface area contributed by atoms with E-state index < -0.39 is 11.5 Å². The first-order chi connectivity index (χ1) is 15.0. The average Bonchev–Trinajstić information content (AvgIpc) is 2.92. The normalized spacial score (nSPS) is 34.1. The van der Waals surface area contributed by atoms with Crippen LogP contribution in [0.3, 0.4) is 0 Å². The predicted octanol–water partition coefficient (Wildman–Crippen LogP) is 5.76. The first-order valence-electron chi connectivity index (χ1n) is 11.7. The van der Waals surface area contributed by atoms with Gasteiger partial charge in [0.05, 0.1) is 12.7 Å². The van der Waals surface area contributed by atoms with Crippen LogP contribution in [-0.2, 0) is 14.3 Å². The summed E-state index contributed by atoms with van der Waals surface area (Å²) in [5.74, 6) is -1.31. The van der Waals surface area contributed by atoms with Crippen LogP contribution in [0.4, 0.5) is 0 Å². The van der Waals surface area contributed by atoms with E-state index in [4.69, 9.17) is 4.74 Å². The van der Waals surface area contributed by atoms with E-state index in [1.807, 2.05) is 26.8 Å². The predicted molar refractivity (Wildman–Crippen MR) is 127 cm³/mol. The van der Waals surface area contributed by atoms with E-state index in [1.54, 1.807) is 0 Å². The molecule has 0 spiro atoms. The van der Waals surface area contributed by atoms with Gasteiger partial charge in [0.1, 0.15) is 0 Å². The fourth-order valence-electron chi connectivity index (χ4n) is 4.77. The van der Waals surface area contributed by atoms with Crippen LogP contribution in [0.2, 0.25) is 0 Å². The van der Waals surface area contributed by atoms with E-state index in [2.05, 4.69) is 26.0 Å². The molecule has 0 heterocycles. The number of fused-ring (bicyclic) bond motifs is 1. The molecule has 0 aromatic rings. The van der Waals surface area contributed by atoms with Crippen LogP contribution < -0.4 is 0 Å². The molecule has 0 bridgehead atoms. The van der Waals surface area contributed by atoms with Gasteiger partial charge in [0, 0.05) is 24.2 Å². The van der Waals surface area contributed by atoms with Crippen LogP contribution in [0.5, 0.6) is 0 Å². The molecule has 2 aliphatic rings. The highest BCUT2D eigenvalue weighted by molar-refractivity contribution is 6.02. The number of hydrogen-bond acceptors (Lipinski definition) is 5. The standard InChI is InChI=1S/C27H40O5/c1-17-8-7-9-18(2)14-15-27(6)22(12-11-19(3)23(29)13-10-17)24(25(30)26(27)31)20(4)16-32-21(5)28/h8,11,14,20,22-23,29-30H,7,9-10,12-13,15-16H2,1-6H3/b17-8+,18-14-,19-11+/t20-,22-,23+,27-/m1/s1. The molecule has 178 valence electrons. The summed E-state index contributed by atoms with van der Waals surface area (Å²) in [6.07, 6.45) is 10.3. The maximum Gasteiger partial charge on any atom is 0.302 e. The number of allylic oxidation sites excluding steroid dienone is 6. The number of aliphatic hydroxyl groups is 2. The van der Waals surface area contributed by atoms with Gasteiger partial charge in [-0.1, -0.05) is 43.2 Å². The Morgan fingerprint density at radius 2 is 1.84 bits per heavy atom. The van der Waals surface area contributed by atoms with Crippen molar-refractivity contribution < 1.29 is 24.5 Å². The van der Waals surface area contributed by atoms with Crippen molar-refractivity contribution in [3.63, 3.8) is 0 Å². The summed E-state index contributed by atoms with van der Waals surface area (Å²) >= 11 is 0. The molecule has 0 fully saturated rings. The fraction of sp³-hybridized carbons (Fsp3) is 0.630. The molecule has 0 unspecified atom stereocenters. The lowest BCUT2D eigenvalue weighted by molar-refractivity contribution is -0.141. The third-order valence-electron chi connectivity index (χ3n) is 7.14. The number of Topliss-reactive ketones (excluding diaryl/α,β-unsaturated/α-hetero) is 1. The molecule has 2 N–H and O–H groups in total. The van der Waals surface area contributed by atoms with E-state index in [0.29, 0.717) is 24.8 Å². The van der Waals surface area contributed by atoms with Crippen molar-refractivity contribution in [2.24, 2.45) is 17.3 Å². The largest absolute Gasteiger partial charge is 0.504 e. The summed E-state index contributed by atoms with van der Waals surface area (Å²) in [4.78, 5) is 24.6. The second kappa shape index (κ2) is 11.1. The number of aliphatic hydroxyl groups excluding tert-OH is 2. The topological polar surface area (TPSA) is 83.8 Å². The van der Waals surface area contributed by atoms with E-state index in [9.17, 15) is 19.8 Å². The van der Waals surface area contributed by atoms with Gasteiger partial charge in [-0.2, -0.15) is 0 Å². The number of carbonyl (C=O) groups excluding carboxylic acids is 2. The van der Waals surface area contributed by atoms with Gasteiger partial charge >= 0.3 is 5.97 Å². The van der Waals surface area contributed by atoms with Crippen molar-refractivity contribution in [3.8, 4) is 0 Å². The quantitative estimate of drug-likeness (QED) is 0.427. The van der Waals surface area contributed by atoms with Gasteiger partial charge in [0.25, 0.3) is 0 Å². The van der Waals surface area contributed by atoms with Crippen LogP contribution in [-0.4, -0.2) is 34.7 Å². The molecule has 0 aromatic heterocycles. The van der Waals surface area contributed by atoms with Crippen molar-refractivity contribution in [1.29, 1.82) is 0 Å². The fourth-order valence-corrected chi connectivity index (χ4v) is 4.77. The Balaban J connectivity index is 2.45. The van der Waals surface area contributed by atoms with Gasteiger partial charge in [-0.3, -0.25) is 9.59 Å². The maximum absolute atomic E-state index is 13.3. The molecule has 0 aromatic carbocycles. The number of carbonyl (C=O) groups is 2. The van der Waals surface area contributed by atoms with E-state index in [0.717, 1.165) is 24.8 Å². The van der Waals surface area contributed by atoms with E-state index >= 15 is 0 Å². The molecule has 2 rings (SSSR count). The SMILES string of the molecule is CC(=O)OC[C@@H](C)C1=C(O)C(=O)[C@]2(C)C/C=C(/C)CC/C=C(\C)CC[C@H](O)/C(C)=C/C[C@H]12. The van der Waals surface area contributed by atoms with Gasteiger partial charge in [0.15, 0.2) is 5.76 Å². The van der Waals surface area contributed by atoms with Crippen molar-refractivity contribution >= 4 is 11.8 Å². The number of rotatable bonds is 3. The number of hydrogen-bond donors (Lipinski definition) is 2. The van der Waals surface area contributed by atoms with Gasteiger partial charge in [-0.05, 0) is 70.4 Å². The number of ketones is 1. The molecule has 5 nitrogen and oxygen atoms in total. The molecule has 0 saturated heterocycles. The Labute approximate surface area is 192 Å². The molecule has 32 heavy (non-hydrogen) atoms. The van der Waals surface area contributed by atoms with Crippen LogP contribution in [0, 0.1) is 17.3 Å². The molecule has 4 atom stereocenters. The zero-order valence-electron chi connectivity index (χ0n) is 20.5. The second-order valence-corrected chi connectivity index (χ2v) is 9.89. The zero-order chi connectivity index (χ0) is 24.1. The highest BCUT2D eigenvalue weighted by Crippen LogP contribution is 2.50. The zero-order valence-corrected chi connectivity index (χ0v) is 20.5. The highest BCUT2D eigenvalue weighted by atomic mass is 16.5. The average molecular weight is 445 g/mol. The first-order valence-corrected chi connectivity index (χ1v) is 11.7. The van der Waals surface area contributed by atoms with Crippen LogP contribution >= 0.6 is 0 Å². The molecular weight excluding hydrogens is 404 g/mol. The summed E-state index contributed by atoms with van der Waals surface area (Å²) in [6.45, 7) is 11.4. The van der Waals surface area contributed by atoms with Gasteiger partial charge < -0.3 is 14.9 Å². The van der Waals surface area contributed by atoms with E-state index in [1.165, 1.54) is 18.1 Å².